The molecule has 5 rings (SSSR count). The summed E-state index contributed by atoms with van der Waals surface area (Å²) in [5.41, 5.74) is 3.28. The SMILES string of the molecule is COc1cc(O)c(C2=NN(C(=S)Nc3ccccc3)C(c3cccc4ccccc34)C2)cc1OC. The highest BCUT2D eigenvalue weighted by molar-refractivity contribution is 7.80. The number of anilines is 1. The molecule has 0 amide bonds. The third-order valence-corrected chi connectivity index (χ3v) is 6.43. The second-order valence-electron chi connectivity index (χ2n) is 8.20. The lowest BCUT2D eigenvalue weighted by Gasteiger charge is -2.26. The van der Waals surface area contributed by atoms with Crippen LogP contribution in [-0.4, -0.2) is 35.2 Å². The number of nitrogens with one attached hydrogen (secondary N) is 1. The lowest BCUT2D eigenvalue weighted by atomic mass is 9.94. The van der Waals surface area contributed by atoms with Gasteiger partial charge in [0.15, 0.2) is 16.6 Å². The number of phenols is 1. The summed E-state index contributed by atoms with van der Waals surface area (Å²) in [6.45, 7) is 0. The van der Waals surface area contributed by atoms with Crippen LogP contribution in [0.15, 0.2) is 90.0 Å². The molecule has 0 aromatic heterocycles. The van der Waals surface area contributed by atoms with Gasteiger partial charge in [-0.3, -0.25) is 0 Å². The van der Waals surface area contributed by atoms with Crippen LogP contribution in [0.5, 0.6) is 17.2 Å². The van der Waals surface area contributed by atoms with Gasteiger partial charge in [0.05, 0.1) is 26.0 Å². The molecule has 0 fully saturated rings. The maximum absolute atomic E-state index is 10.8. The summed E-state index contributed by atoms with van der Waals surface area (Å²) in [6.07, 6.45) is 0.549. The van der Waals surface area contributed by atoms with Crippen LogP contribution in [0, 0.1) is 0 Å². The van der Waals surface area contributed by atoms with Crippen LogP contribution in [0.4, 0.5) is 5.69 Å². The number of thiocarbonyl (C=S) groups is 1. The van der Waals surface area contributed by atoms with E-state index in [0.717, 1.165) is 22.0 Å². The van der Waals surface area contributed by atoms with Gasteiger partial charge in [0.25, 0.3) is 0 Å². The first-order chi connectivity index (χ1) is 17.1. The number of rotatable bonds is 5. The van der Waals surface area contributed by atoms with Crippen molar-refractivity contribution in [1.29, 1.82) is 0 Å². The Balaban J connectivity index is 1.59. The molecule has 1 heterocycles. The number of fused-ring (bicyclic) bond motifs is 1. The van der Waals surface area contributed by atoms with Gasteiger partial charge in [-0.1, -0.05) is 60.7 Å². The van der Waals surface area contributed by atoms with Gasteiger partial charge >= 0.3 is 0 Å². The molecule has 0 spiro atoms. The highest BCUT2D eigenvalue weighted by atomic mass is 32.1. The minimum Gasteiger partial charge on any atom is -0.507 e. The zero-order valence-corrected chi connectivity index (χ0v) is 20.3. The second kappa shape index (κ2) is 9.64. The smallest absolute Gasteiger partial charge is 0.194 e. The molecule has 176 valence electrons. The molecule has 1 aliphatic rings. The summed E-state index contributed by atoms with van der Waals surface area (Å²) in [5, 5.41) is 23.6. The van der Waals surface area contributed by atoms with Crippen molar-refractivity contribution < 1.29 is 14.6 Å². The van der Waals surface area contributed by atoms with Crippen LogP contribution in [-0.2, 0) is 0 Å². The van der Waals surface area contributed by atoms with E-state index in [-0.39, 0.29) is 11.8 Å². The van der Waals surface area contributed by atoms with E-state index in [0.29, 0.717) is 34.3 Å². The van der Waals surface area contributed by atoms with Crippen LogP contribution in [0.3, 0.4) is 0 Å². The summed E-state index contributed by atoms with van der Waals surface area (Å²) < 4.78 is 10.8. The highest BCUT2D eigenvalue weighted by Gasteiger charge is 2.34. The topological polar surface area (TPSA) is 66.3 Å². The Morgan fingerprint density at radius 3 is 2.40 bits per heavy atom. The normalized spacial score (nSPS) is 15.1. The fourth-order valence-corrected chi connectivity index (χ4v) is 4.73. The molecule has 0 saturated carbocycles. The molecule has 1 aliphatic heterocycles. The number of para-hydroxylation sites is 1. The van der Waals surface area contributed by atoms with Gasteiger partial charge in [0, 0.05) is 23.7 Å². The van der Waals surface area contributed by atoms with E-state index in [1.165, 1.54) is 7.11 Å². The van der Waals surface area contributed by atoms with Gasteiger partial charge in [0.1, 0.15) is 5.75 Å². The van der Waals surface area contributed by atoms with Crippen molar-refractivity contribution in [2.24, 2.45) is 5.10 Å². The Morgan fingerprint density at radius 2 is 1.63 bits per heavy atom. The average Bonchev–Trinajstić information content (AvgIpc) is 3.34. The lowest BCUT2D eigenvalue weighted by molar-refractivity contribution is 0.351. The maximum Gasteiger partial charge on any atom is 0.194 e. The highest BCUT2D eigenvalue weighted by Crippen LogP contribution is 2.41. The Morgan fingerprint density at radius 1 is 0.943 bits per heavy atom. The van der Waals surface area contributed by atoms with Crippen molar-refractivity contribution in [1.82, 2.24) is 5.01 Å². The third kappa shape index (κ3) is 4.38. The van der Waals surface area contributed by atoms with Gasteiger partial charge in [-0.25, -0.2) is 5.01 Å². The second-order valence-corrected chi connectivity index (χ2v) is 8.59. The van der Waals surface area contributed by atoms with Crippen LogP contribution in [0.1, 0.15) is 23.6 Å². The number of hydrogen-bond donors (Lipinski definition) is 2. The molecule has 1 unspecified atom stereocenters. The van der Waals surface area contributed by atoms with Crippen molar-refractivity contribution in [2.45, 2.75) is 12.5 Å². The van der Waals surface area contributed by atoms with Crippen molar-refractivity contribution in [3.8, 4) is 17.2 Å². The summed E-state index contributed by atoms with van der Waals surface area (Å²) in [6, 6.07) is 27.5. The van der Waals surface area contributed by atoms with Crippen molar-refractivity contribution >= 4 is 39.5 Å². The monoisotopic (exact) mass is 483 g/mol. The molecule has 0 aliphatic carbocycles. The first-order valence-electron chi connectivity index (χ1n) is 11.2. The van der Waals surface area contributed by atoms with E-state index >= 15 is 0 Å². The molecule has 4 aromatic carbocycles. The van der Waals surface area contributed by atoms with Crippen molar-refractivity contribution in [2.75, 3.05) is 19.5 Å². The van der Waals surface area contributed by atoms with Crippen molar-refractivity contribution in [3.63, 3.8) is 0 Å². The first kappa shape index (κ1) is 22.7. The Bertz CT molecular complexity index is 1420. The van der Waals surface area contributed by atoms with Gasteiger partial charge in [-0.2, -0.15) is 5.10 Å². The lowest BCUT2D eigenvalue weighted by Crippen LogP contribution is -2.31. The zero-order valence-electron chi connectivity index (χ0n) is 19.4. The fraction of sp³-hybridized carbons (Fsp3) is 0.143. The van der Waals surface area contributed by atoms with E-state index < -0.39 is 0 Å². The first-order valence-corrected chi connectivity index (χ1v) is 11.7. The van der Waals surface area contributed by atoms with E-state index in [9.17, 15) is 5.11 Å². The molecule has 7 heteroatoms. The van der Waals surface area contributed by atoms with Crippen LogP contribution in [0.25, 0.3) is 10.8 Å². The summed E-state index contributed by atoms with van der Waals surface area (Å²) >= 11 is 5.82. The predicted molar refractivity (Wildman–Crippen MR) is 144 cm³/mol. The molecule has 35 heavy (non-hydrogen) atoms. The quantitative estimate of drug-likeness (QED) is 0.334. The molecule has 0 radical (unpaired) electrons. The van der Waals surface area contributed by atoms with Gasteiger partial charge < -0.3 is 19.9 Å². The molecule has 2 N–H and O–H groups in total. The number of ether oxygens (including phenoxy) is 2. The van der Waals surface area contributed by atoms with Crippen LogP contribution in [0.2, 0.25) is 0 Å². The third-order valence-electron chi connectivity index (χ3n) is 6.14. The van der Waals surface area contributed by atoms with Gasteiger partial charge in [0.2, 0.25) is 0 Å². The number of phenolic OH excluding ortho intramolecular Hbond substituents is 1. The predicted octanol–water partition coefficient (Wildman–Crippen LogP) is 6.11. The summed E-state index contributed by atoms with van der Waals surface area (Å²) in [5.74, 6) is 1.05. The summed E-state index contributed by atoms with van der Waals surface area (Å²) in [4.78, 5) is 0. The van der Waals surface area contributed by atoms with E-state index in [2.05, 4.69) is 35.6 Å². The molecule has 6 nitrogen and oxygen atoms in total. The van der Waals surface area contributed by atoms with E-state index in [4.69, 9.17) is 26.8 Å². The van der Waals surface area contributed by atoms with Crippen molar-refractivity contribution in [3.05, 3.63) is 96.1 Å². The molecule has 0 bridgehead atoms. The van der Waals surface area contributed by atoms with E-state index in [1.807, 2.05) is 47.5 Å². The Hall–Kier alpha value is -4.10. The molecular formula is C28H25N3O3S. The average molecular weight is 484 g/mol. The molecular weight excluding hydrogens is 458 g/mol. The molecule has 0 saturated heterocycles. The Kier molecular flexibility index (Phi) is 6.25. The molecule has 4 aromatic rings. The molecule has 1 atom stereocenters. The number of aromatic hydroxyl groups is 1. The largest absolute Gasteiger partial charge is 0.507 e. The van der Waals surface area contributed by atoms with E-state index in [1.54, 1.807) is 19.2 Å². The number of methoxy groups -OCH3 is 2. The number of hydrazone groups is 1. The number of benzene rings is 4. The standard InChI is InChI=1S/C28H25N3O3S/c1-33-26-15-22(25(32)17-27(26)34-2)23-16-24(21-14-8-10-18-9-6-7-13-20(18)21)31(30-23)28(35)29-19-11-4-3-5-12-19/h3-15,17,24,32H,16H2,1-2H3,(H,29,35). The maximum atomic E-state index is 10.8. The minimum absolute atomic E-state index is 0.0712. The Labute approximate surface area is 209 Å². The summed E-state index contributed by atoms with van der Waals surface area (Å²) in [7, 11) is 3.11. The van der Waals surface area contributed by atoms with Gasteiger partial charge in [-0.05, 0) is 46.8 Å². The minimum atomic E-state index is -0.160. The number of nitrogens with zero attached hydrogens (tertiary/aromatic N) is 2. The van der Waals surface area contributed by atoms with Crippen LogP contribution >= 0.6 is 12.2 Å². The number of hydrogen-bond acceptors (Lipinski definition) is 5. The fourth-order valence-electron chi connectivity index (χ4n) is 4.45. The van der Waals surface area contributed by atoms with Crippen LogP contribution < -0.4 is 14.8 Å². The van der Waals surface area contributed by atoms with Gasteiger partial charge in [-0.15, -0.1) is 0 Å². The zero-order chi connectivity index (χ0) is 24.4.